The summed E-state index contributed by atoms with van der Waals surface area (Å²) in [5.41, 5.74) is 0.461. The van der Waals surface area contributed by atoms with Crippen molar-refractivity contribution in [3.05, 3.63) is 24.3 Å². The van der Waals surface area contributed by atoms with Gasteiger partial charge in [0.1, 0.15) is 5.75 Å². The summed E-state index contributed by atoms with van der Waals surface area (Å²) in [4.78, 5) is 23.4. The molecule has 0 saturated heterocycles. The quantitative estimate of drug-likeness (QED) is 0.591. The number of carbonyl (C=O) groups is 2. The van der Waals surface area contributed by atoms with Crippen LogP contribution < -0.4 is 15.4 Å². The maximum absolute atomic E-state index is 11.7. The second kappa shape index (κ2) is 8.97. The molecule has 0 atom stereocenters. The number of rotatable bonds is 7. The highest BCUT2D eigenvalue weighted by molar-refractivity contribution is 6.39. The maximum Gasteiger partial charge on any atom is 0.313 e. The summed E-state index contributed by atoms with van der Waals surface area (Å²) in [7, 11) is 1.50. The van der Waals surface area contributed by atoms with Crippen molar-refractivity contribution in [2.45, 2.75) is 26.4 Å². The Labute approximate surface area is 124 Å². The molecule has 116 valence electrons. The monoisotopic (exact) mass is 294 g/mol. The van der Waals surface area contributed by atoms with Crippen molar-refractivity contribution in [2.24, 2.45) is 0 Å². The van der Waals surface area contributed by atoms with Gasteiger partial charge in [-0.3, -0.25) is 9.59 Å². The minimum absolute atomic E-state index is 0.162. The molecule has 2 N–H and O–H groups in total. The van der Waals surface area contributed by atoms with Crippen LogP contribution in [-0.4, -0.2) is 38.2 Å². The molecule has 2 amide bonds. The first-order chi connectivity index (χ1) is 10.0. The fourth-order valence-corrected chi connectivity index (χ4v) is 1.60. The average molecular weight is 294 g/mol. The zero-order chi connectivity index (χ0) is 15.7. The lowest BCUT2D eigenvalue weighted by molar-refractivity contribution is -0.136. The third-order valence-electron chi connectivity index (χ3n) is 2.62. The van der Waals surface area contributed by atoms with Crippen LogP contribution in [0.25, 0.3) is 0 Å². The predicted molar refractivity (Wildman–Crippen MR) is 80.3 cm³/mol. The average Bonchev–Trinajstić information content (AvgIpc) is 2.46. The Balaban J connectivity index is 2.36. The molecule has 0 aromatic heterocycles. The van der Waals surface area contributed by atoms with E-state index in [0.717, 1.165) is 0 Å². The molecule has 6 heteroatoms. The van der Waals surface area contributed by atoms with E-state index in [1.54, 1.807) is 24.3 Å². The number of carbonyl (C=O) groups excluding carboxylic acids is 2. The van der Waals surface area contributed by atoms with Crippen LogP contribution in [0.5, 0.6) is 5.75 Å². The first-order valence-corrected chi connectivity index (χ1v) is 6.88. The highest BCUT2D eigenvalue weighted by Crippen LogP contribution is 2.22. The molecule has 0 fully saturated rings. The summed E-state index contributed by atoms with van der Waals surface area (Å²) >= 11 is 0. The van der Waals surface area contributed by atoms with Gasteiger partial charge >= 0.3 is 11.8 Å². The van der Waals surface area contributed by atoms with Crippen LogP contribution in [0.4, 0.5) is 5.69 Å². The lowest BCUT2D eigenvalue weighted by Crippen LogP contribution is -2.36. The zero-order valence-electron chi connectivity index (χ0n) is 12.6. The van der Waals surface area contributed by atoms with Crippen LogP contribution in [0.2, 0.25) is 0 Å². The number of hydrogen-bond acceptors (Lipinski definition) is 4. The van der Waals surface area contributed by atoms with Gasteiger partial charge in [-0.1, -0.05) is 12.1 Å². The molecular weight excluding hydrogens is 272 g/mol. The molecular formula is C15H22N2O4. The molecule has 0 spiro atoms. The van der Waals surface area contributed by atoms with E-state index in [2.05, 4.69) is 10.6 Å². The van der Waals surface area contributed by atoms with Crippen molar-refractivity contribution < 1.29 is 19.1 Å². The molecule has 0 aliphatic carbocycles. The summed E-state index contributed by atoms with van der Waals surface area (Å²) in [6.45, 7) is 4.83. The van der Waals surface area contributed by atoms with E-state index in [-0.39, 0.29) is 6.10 Å². The van der Waals surface area contributed by atoms with Gasteiger partial charge in [0.2, 0.25) is 0 Å². The van der Waals surface area contributed by atoms with Crippen molar-refractivity contribution in [2.75, 3.05) is 25.6 Å². The van der Waals surface area contributed by atoms with E-state index in [1.807, 2.05) is 13.8 Å². The molecule has 1 aromatic carbocycles. The van der Waals surface area contributed by atoms with Crippen LogP contribution in [0.3, 0.4) is 0 Å². The fraction of sp³-hybridized carbons (Fsp3) is 0.467. The first kappa shape index (κ1) is 17.0. The topological polar surface area (TPSA) is 76.7 Å². The van der Waals surface area contributed by atoms with Gasteiger partial charge in [-0.2, -0.15) is 0 Å². The molecule has 0 saturated carbocycles. The van der Waals surface area contributed by atoms with Crippen molar-refractivity contribution in [1.82, 2.24) is 5.32 Å². The Hall–Kier alpha value is -2.08. The van der Waals surface area contributed by atoms with E-state index < -0.39 is 11.8 Å². The van der Waals surface area contributed by atoms with Gasteiger partial charge in [-0.15, -0.1) is 0 Å². The minimum atomic E-state index is -0.718. The van der Waals surface area contributed by atoms with E-state index in [0.29, 0.717) is 31.0 Å². The molecule has 1 rings (SSSR count). The standard InChI is InChI=1S/C15H22N2O4/c1-11(2)21-10-6-9-16-14(18)15(19)17-12-7-4-5-8-13(12)20-3/h4-5,7-8,11H,6,9-10H2,1-3H3,(H,16,18)(H,17,19). The Morgan fingerprint density at radius 2 is 1.90 bits per heavy atom. The van der Waals surface area contributed by atoms with Crippen LogP contribution in [0.15, 0.2) is 24.3 Å². The van der Waals surface area contributed by atoms with Gasteiger partial charge in [0.25, 0.3) is 0 Å². The highest BCUT2D eigenvalue weighted by Gasteiger charge is 2.14. The van der Waals surface area contributed by atoms with Crippen LogP contribution in [0.1, 0.15) is 20.3 Å². The molecule has 0 radical (unpaired) electrons. The Morgan fingerprint density at radius 1 is 1.19 bits per heavy atom. The number of anilines is 1. The summed E-state index contributed by atoms with van der Waals surface area (Å²) in [5, 5.41) is 5.06. The van der Waals surface area contributed by atoms with Gasteiger partial charge in [0.05, 0.1) is 18.9 Å². The molecule has 0 aliphatic heterocycles. The normalized spacial score (nSPS) is 10.3. The van der Waals surface area contributed by atoms with E-state index in [9.17, 15) is 9.59 Å². The largest absolute Gasteiger partial charge is 0.495 e. The summed E-state index contributed by atoms with van der Waals surface area (Å²) in [5.74, 6) is -0.890. The van der Waals surface area contributed by atoms with Gasteiger partial charge in [0, 0.05) is 13.2 Å². The smallest absolute Gasteiger partial charge is 0.313 e. The van der Waals surface area contributed by atoms with Crippen LogP contribution in [0, 0.1) is 0 Å². The van der Waals surface area contributed by atoms with Crippen molar-refractivity contribution in [3.8, 4) is 5.75 Å². The van der Waals surface area contributed by atoms with E-state index in [4.69, 9.17) is 9.47 Å². The maximum atomic E-state index is 11.7. The summed E-state index contributed by atoms with van der Waals surface area (Å²) < 4.78 is 10.4. The SMILES string of the molecule is COc1ccccc1NC(=O)C(=O)NCCCOC(C)C. The van der Waals surface area contributed by atoms with Crippen molar-refractivity contribution in [3.63, 3.8) is 0 Å². The molecule has 0 heterocycles. The lowest BCUT2D eigenvalue weighted by atomic mass is 10.3. The molecule has 0 unspecified atom stereocenters. The second-order valence-electron chi connectivity index (χ2n) is 4.68. The molecule has 1 aromatic rings. The molecule has 0 aliphatic rings. The Bertz CT molecular complexity index is 474. The third-order valence-corrected chi connectivity index (χ3v) is 2.62. The fourth-order valence-electron chi connectivity index (χ4n) is 1.60. The number of methoxy groups -OCH3 is 1. The first-order valence-electron chi connectivity index (χ1n) is 6.88. The number of ether oxygens (including phenoxy) is 2. The Morgan fingerprint density at radius 3 is 2.57 bits per heavy atom. The molecule has 6 nitrogen and oxygen atoms in total. The number of hydrogen-bond donors (Lipinski definition) is 2. The van der Waals surface area contributed by atoms with E-state index >= 15 is 0 Å². The highest BCUT2D eigenvalue weighted by atomic mass is 16.5. The van der Waals surface area contributed by atoms with Crippen LogP contribution in [-0.2, 0) is 14.3 Å². The van der Waals surface area contributed by atoms with Gasteiger partial charge in [-0.25, -0.2) is 0 Å². The number of benzene rings is 1. The summed E-state index contributed by atoms with van der Waals surface area (Å²) in [6.07, 6.45) is 0.820. The molecule has 0 bridgehead atoms. The zero-order valence-corrected chi connectivity index (χ0v) is 12.6. The minimum Gasteiger partial charge on any atom is -0.495 e. The number of amides is 2. The van der Waals surface area contributed by atoms with Gasteiger partial charge < -0.3 is 20.1 Å². The van der Waals surface area contributed by atoms with Gasteiger partial charge in [0.15, 0.2) is 0 Å². The van der Waals surface area contributed by atoms with Crippen LogP contribution >= 0.6 is 0 Å². The third kappa shape index (κ3) is 6.27. The number of para-hydroxylation sites is 2. The van der Waals surface area contributed by atoms with Gasteiger partial charge in [-0.05, 0) is 32.4 Å². The lowest BCUT2D eigenvalue weighted by Gasteiger charge is -2.10. The van der Waals surface area contributed by atoms with Crippen molar-refractivity contribution >= 4 is 17.5 Å². The number of nitrogens with one attached hydrogen (secondary N) is 2. The van der Waals surface area contributed by atoms with E-state index in [1.165, 1.54) is 7.11 Å². The predicted octanol–water partition coefficient (Wildman–Crippen LogP) is 1.56. The summed E-state index contributed by atoms with van der Waals surface area (Å²) in [6, 6.07) is 6.90. The second-order valence-corrected chi connectivity index (χ2v) is 4.68. The Kier molecular flexibility index (Phi) is 7.25. The molecule has 21 heavy (non-hydrogen) atoms. The van der Waals surface area contributed by atoms with Crippen molar-refractivity contribution in [1.29, 1.82) is 0 Å².